The molecule has 0 aliphatic carbocycles. The summed E-state index contributed by atoms with van der Waals surface area (Å²) in [4.78, 5) is 28.3. The van der Waals surface area contributed by atoms with Crippen LogP contribution < -0.4 is 14.9 Å². The molecule has 0 bridgehead atoms. The fourth-order valence-corrected chi connectivity index (χ4v) is 5.90. The molecule has 1 saturated heterocycles. The zero-order valence-electron chi connectivity index (χ0n) is 20.8. The molecule has 10 heteroatoms. The van der Waals surface area contributed by atoms with Crippen molar-refractivity contribution >= 4 is 44.2 Å². The van der Waals surface area contributed by atoms with Crippen LogP contribution in [0.15, 0.2) is 78.1 Å². The van der Waals surface area contributed by atoms with E-state index in [9.17, 15) is 13.2 Å². The number of nitrogens with one attached hydrogen (secondary N) is 2. The molecule has 1 aromatic carbocycles. The molecule has 4 aromatic rings. The standard InChI is InChI=1S/C27H28N6O3S/c1-18-16-27(2,3)33(17-18)25-20(9-7-15-29-25)26(34)32-37(35,36)24-13-5-12-23(31-24)30-22-11-4-10-21-19(22)8-6-14-28-21/h4-15,18H,16-17H2,1-3H3,(H,30,31)(H,32,34). The number of pyridine rings is 3. The van der Waals surface area contributed by atoms with Gasteiger partial charge in [-0.3, -0.25) is 9.78 Å². The fourth-order valence-electron chi connectivity index (χ4n) is 4.96. The molecule has 37 heavy (non-hydrogen) atoms. The Balaban J connectivity index is 1.40. The van der Waals surface area contributed by atoms with E-state index in [-0.39, 0.29) is 16.1 Å². The van der Waals surface area contributed by atoms with Crippen LogP contribution in [0, 0.1) is 5.92 Å². The molecule has 0 saturated carbocycles. The van der Waals surface area contributed by atoms with Crippen molar-refractivity contribution in [1.29, 1.82) is 0 Å². The predicted molar refractivity (Wildman–Crippen MR) is 143 cm³/mol. The highest BCUT2D eigenvalue weighted by molar-refractivity contribution is 7.90. The van der Waals surface area contributed by atoms with Crippen LogP contribution >= 0.6 is 0 Å². The van der Waals surface area contributed by atoms with Crippen LogP contribution in [0.25, 0.3) is 10.9 Å². The van der Waals surface area contributed by atoms with Gasteiger partial charge in [-0.25, -0.2) is 14.7 Å². The summed E-state index contributed by atoms with van der Waals surface area (Å²) in [7, 11) is -4.25. The van der Waals surface area contributed by atoms with Gasteiger partial charge in [0.1, 0.15) is 11.6 Å². The van der Waals surface area contributed by atoms with Crippen LogP contribution in [0.3, 0.4) is 0 Å². The fraction of sp³-hybridized carbons (Fsp3) is 0.259. The number of sulfonamides is 1. The molecule has 1 fully saturated rings. The molecular formula is C27H28N6O3S. The maximum atomic E-state index is 13.2. The highest BCUT2D eigenvalue weighted by atomic mass is 32.2. The summed E-state index contributed by atoms with van der Waals surface area (Å²) < 4.78 is 28.5. The third-order valence-corrected chi connectivity index (χ3v) is 7.73. The SMILES string of the molecule is CC1CN(c2ncccc2C(=O)NS(=O)(=O)c2cccc(Nc3cccc4ncccc34)n2)C(C)(C)C1. The van der Waals surface area contributed by atoms with Gasteiger partial charge in [0.05, 0.1) is 11.1 Å². The summed E-state index contributed by atoms with van der Waals surface area (Å²) in [5.41, 5.74) is 1.52. The Morgan fingerprint density at radius 3 is 2.54 bits per heavy atom. The molecule has 190 valence electrons. The van der Waals surface area contributed by atoms with Crippen molar-refractivity contribution in [1.82, 2.24) is 19.7 Å². The van der Waals surface area contributed by atoms with Crippen molar-refractivity contribution in [2.45, 2.75) is 37.8 Å². The number of amides is 1. The molecule has 0 spiro atoms. The van der Waals surface area contributed by atoms with Crippen LogP contribution in [-0.4, -0.2) is 41.4 Å². The van der Waals surface area contributed by atoms with Gasteiger partial charge in [0, 0.05) is 35.6 Å². The average Bonchev–Trinajstić information content (AvgIpc) is 3.15. The molecule has 9 nitrogen and oxygen atoms in total. The Morgan fingerprint density at radius 1 is 1.00 bits per heavy atom. The first kappa shape index (κ1) is 24.6. The summed E-state index contributed by atoms with van der Waals surface area (Å²) in [6, 6.07) is 17.1. The number of hydrogen-bond donors (Lipinski definition) is 2. The summed E-state index contributed by atoms with van der Waals surface area (Å²) in [6.07, 6.45) is 4.26. The normalized spacial score (nSPS) is 17.1. The van der Waals surface area contributed by atoms with Crippen molar-refractivity contribution < 1.29 is 13.2 Å². The van der Waals surface area contributed by atoms with Crippen molar-refractivity contribution in [3.8, 4) is 0 Å². The summed E-state index contributed by atoms with van der Waals surface area (Å²) in [5.74, 6) is 0.464. The predicted octanol–water partition coefficient (Wildman–Crippen LogP) is 4.51. The Bertz CT molecular complexity index is 1580. The molecule has 1 amide bonds. The smallest absolute Gasteiger partial charge is 0.281 e. The van der Waals surface area contributed by atoms with Gasteiger partial charge in [-0.1, -0.05) is 19.1 Å². The molecule has 3 aromatic heterocycles. The van der Waals surface area contributed by atoms with E-state index in [2.05, 4.69) is 50.7 Å². The highest BCUT2D eigenvalue weighted by Gasteiger charge is 2.39. The second-order valence-electron chi connectivity index (χ2n) is 9.90. The largest absolute Gasteiger partial charge is 0.351 e. The molecule has 5 rings (SSSR count). The molecule has 2 N–H and O–H groups in total. The van der Waals surface area contributed by atoms with E-state index in [4.69, 9.17) is 0 Å². The van der Waals surface area contributed by atoms with Gasteiger partial charge < -0.3 is 10.2 Å². The van der Waals surface area contributed by atoms with Gasteiger partial charge in [-0.05, 0) is 74.7 Å². The van der Waals surface area contributed by atoms with E-state index in [1.807, 2.05) is 30.3 Å². The molecule has 1 aliphatic rings. The van der Waals surface area contributed by atoms with Gasteiger partial charge in [-0.15, -0.1) is 0 Å². The lowest BCUT2D eigenvalue weighted by Gasteiger charge is -2.33. The van der Waals surface area contributed by atoms with E-state index in [1.165, 1.54) is 6.07 Å². The summed E-state index contributed by atoms with van der Waals surface area (Å²) in [5, 5.41) is 3.76. The van der Waals surface area contributed by atoms with Crippen LogP contribution in [-0.2, 0) is 10.0 Å². The Kier molecular flexibility index (Phi) is 6.28. The number of nitrogens with zero attached hydrogens (tertiary/aromatic N) is 4. The maximum absolute atomic E-state index is 13.2. The number of benzene rings is 1. The molecule has 1 aliphatic heterocycles. The van der Waals surface area contributed by atoms with E-state index >= 15 is 0 Å². The van der Waals surface area contributed by atoms with Crippen molar-refractivity contribution in [2.24, 2.45) is 5.92 Å². The molecule has 4 heterocycles. The van der Waals surface area contributed by atoms with E-state index in [1.54, 1.807) is 36.7 Å². The van der Waals surface area contributed by atoms with Gasteiger partial charge >= 0.3 is 0 Å². The lowest BCUT2D eigenvalue weighted by Crippen LogP contribution is -2.41. The van der Waals surface area contributed by atoms with Gasteiger partial charge in [0.2, 0.25) is 0 Å². The lowest BCUT2D eigenvalue weighted by molar-refractivity contribution is 0.0981. The Morgan fingerprint density at radius 2 is 1.76 bits per heavy atom. The first-order chi connectivity index (χ1) is 17.6. The minimum Gasteiger partial charge on any atom is -0.351 e. The van der Waals surface area contributed by atoms with Gasteiger partial charge in [0.15, 0.2) is 5.03 Å². The number of fused-ring (bicyclic) bond motifs is 1. The molecule has 1 atom stereocenters. The lowest BCUT2D eigenvalue weighted by atomic mass is 9.97. The first-order valence-corrected chi connectivity index (χ1v) is 13.5. The second-order valence-corrected chi connectivity index (χ2v) is 11.5. The monoisotopic (exact) mass is 516 g/mol. The first-order valence-electron chi connectivity index (χ1n) is 12.0. The molecule has 0 radical (unpaired) electrons. The van der Waals surface area contributed by atoms with Crippen molar-refractivity contribution in [2.75, 3.05) is 16.8 Å². The highest BCUT2D eigenvalue weighted by Crippen LogP contribution is 2.37. The molecular weight excluding hydrogens is 488 g/mol. The number of carbonyl (C=O) groups excluding carboxylic acids is 1. The van der Waals surface area contributed by atoms with E-state index in [0.29, 0.717) is 17.6 Å². The zero-order valence-corrected chi connectivity index (χ0v) is 21.7. The van der Waals surface area contributed by atoms with Crippen LogP contribution in [0.2, 0.25) is 0 Å². The quantitative estimate of drug-likeness (QED) is 0.384. The number of anilines is 3. The third-order valence-electron chi connectivity index (χ3n) is 6.49. The van der Waals surface area contributed by atoms with Crippen LogP contribution in [0.4, 0.5) is 17.3 Å². The minimum atomic E-state index is -4.25. The van der Waals surface area contributed by atoms with Crippen LogP contribution in [0.1, 0.15) is 37.6 Å². The van der Waals surface area contributed by atoms with Crippen molar-refractivity contribution in [3.63, 3.8) is 0 Å². The number of rotatable bonds is 6. The number of carbonyl (C=O) groups is 1. The maximum Gasteiger partial charge on any atom is 0.281 e. The summed E-state index contributed by atoms with van der Waals surface area (Å²) >= 11 is 0. The third kappa shape index (κ3) is 4.97. The van der Waals surface area contributed by atoms with Crippen LogP contribution in [0.5, 0.6) is 0 Å². The number of aromatic nitrogens is 3. The Hall–Kier alpha value is -4.05. The summed E-state index contributed by atoms with van der Waals surface area (Å²) in [6.45, 7) is 7.07. The van der Waals surface area contributed by atoms with Crippen molar-refractivity contribution in [3.05, 3.63) is 78.6 Å². The second kappa shape index (κ2) is 9.44. The van der Waals surface area contributed by atoms with Gasteiger partial charge in [-0.2, -0.15) is 8.42 Å². The topological polar surface area (TPSA) is 117 Å². The number of hydrogen-bond acceptors (Lipinski definition) is 8. The minimum absolute atomic E-state index is 0.200. The Labute approximate surface area is 216 Å². The zero-order chi connectivity index (χ0) is 26.2. The molecule has 1 unspecified atom stereocenters. The average molecular weight is 517 g/mol. The van der Waals surface area contributed by atoms with Gasteiger partial charge in [0.25, 0.3) is 15.9 Å². The van der Waals surface area contributed by atoms with E-state index in [0.717, 1.165) is 29.6 Å². The van der Waals surface area contributed by atoms with E-state index < -0.39 is 15.9 Å².